The summed E-state index contributed by atoms with van der Waals surface area (Å²) in [6.07, 6.45) is 7.29. The summed E-state index contributed by atoms with van der Waals surface area (Å²) in [7, 11) is 0. The summed E-state index contributed by atoms with van der Waals surface area (Å²) in [5.41, 5.74) is 2.27. The molecule has 6 heteroatoms. The summed E-state index contributed by atoms with van der Waals surface area (Å²) in [6.45, 7) is 2.23. The van der Waals surface area contributed by atoms with E-state index in [0.717, 1.165) is 26.1 Å². The fourth-order valence-corrected chi connectivity index (χ4v) is 4.72. The molecule has 23 heavy (non-hydrogen) atoms. The molecular weight excluding hydrogens is 312 g/mol. The molecule has 0 bridgehead atoms. The van der Waals surface area contributed by atoms with Crippen molar-refractivity contribution in [3.8, 4) is 0 Å². The minimum absolute atomic E-state index is 0.0171. The van der Waals surface area contributed by atoms with E-state index in [1.54, 1.807) is 5.51 Å². The highest BCUT2D eigenvalue weighted by Gasteiger charge is 2.47. The van der Waals surface area contributed by atoms with Crippen LogP contribution in [-0.4, -0.2) is 53.8 Å². The van der Waals surface area contributed by atoms with Crippen molar-refractivity contribution < 1.29 is 14.3 Å². The number of ether oxygens (including phenoxy) is 2. The van der Waals surface area contributed by atoms with Crippen molar-refractivity contribution in [2.45, 2.75) is 56.8 Å². The monoisotopic (exact) mass is 336 g/mol. The first-order valence-corrected chi connectivity index (χ1v) is 9.69. The molecule has 3 heterocycles. The third-order valence-electron chi connectivity index (χ3n) is 5.41. The molecule has 126 valence electrons. The molecule has 0 unspecified atom stereocenters. The Hall–Kier alpha value is -0.980. The van der Waals surface area contributed by atoms with Gasteiger partial charge in [-0.15, -0.1) is 11.3 Å². The molecule has 1 aliphatic carbocycles. The molecule has 0 radical (unpaired) electrons. The molecule has 3 fully saturated rings. The van der Waals surface area contributed by atoms with Crippen LogP contribution in [0.4, 0.5) is 0 Å². The molecule has 0 aromatic carbocycles. The quantitative estimate of drug-likeness (QED) is 0.848. The van der Waals surface area contributed by atoms with Crippen LogP contribution in [-0.2, 0) is 9.47 Å². The van der Waals surface area contributed by atoms with Gasteiger partial charge in [-0.3, -0.25) is 4.79 Å². The minimum atomic E-state index is 0.0171. The van der Waals surface area contributed by atoms with Gasteiger partial charge in [0, 0.05) is 18.6 Å². The highest BCUT2D eigenvalue weighted by atomic mass is 32.1. The second kappa shape index (κ2) is 6.87. The van der Waals surface area contributed by atoms with E-state index in [2.05, 4.69) is 4.98 Å². The van der Waals surface area contributed by atoms with Crippen molar-refractivity contribution in [1.82, 2.24) is 9.88 Å². The maximum absolute atomic E-state index is 12.7. The standard InChI is InChI=1S/C17H24N2O3S/c20-17(13-10-23-11-18-13)19-8-15(16-14(19)6-3-7-21-16)22-9-12-4-1-2-5-12/h10-12,14-16H,1-9H2/t14-,15+,16+/m1/s1. The Balaban J connectivity index is 1.44. The Labute approximate surface area is 141 Å². The molecular formula is C17H24N2O3S. The lowest BCUT2D eigenvalue weighted by Gasteiger charge is -2.32. The Kier molecular flexibility index (Phi) is 4.64. The van der Waals surface area contributed by atoms with Crippen LogP contribution < -0.4 is 0 Å². The van der Waals surface area contributed by atoms with Crippen molar-refractivity contribution in [3.63, 3.8) is 0 Å². The molecule has 4 rings (SSSR count). The number of aromatic nitrogens is 1. The van der Waals surface area contributed by atoms with Gasteiger partial charge in [-0.2, -0.15) is 0 Å². The smallest absolute Gasteiger partial charge is 0.273 e. The normalized spacial score (nSPS) is 31.5. The number of thiazole rings is 1. The van der Waals surface area contributed by atoms with Crippen LogP contribution in [0.3, 0.4) is 0 Å². The van der Waals surface area contributed by atoms with E-state index in [1.165, 1.54) is 37.0 Å². The van der Waals surface area contributed by atoms with E-state index in [9.17, 15) is 4.79 Å². The number of rotatable bonds is 4. The molecule has 3 aliphatic rings. The molecule has 2 aliphatic heterocycles. The van der Waals surface area contributed by atoms with Crippen molar-refractivity contribution in [1.29, 1.82) is 0 Å². The number of amides is 1. The van der Waals surface area contributed by atoms with Crippen molar-refractivity contribution in [2.75, 3.05) is 19.8 Å². The summed E-state index contributed by atoms with van der Waals surface area (Å²) in [5.74, 6) is 0.721. The highest BCUT2D eigenvalue weighted by Crippen LogP contribution is 2.33. The van der Waals surface area contributed by atoms with E-state index in [-0.39, 0.29) is 24.2 Å². The van der Waals surface area contributed by atoms with Crippen molar-refractivity contribution in [3.05, 3.63) is 16.6 Å². The topological polar surface area (TPSA) is 51.7 Å². The van der Waals surface area contributed by atoms with Gasteiger partial charge in [-0.1, -0.05) is 12.8 Å². The first-order chi connectivity index (χ1) is 11.3. The molecule has 1 aromatic heterocycles. The zero-order valence-electron chi connectivity index (χ0n) is 13.4. The second-order valence-corrected chi connectivity index (χ2v) is 7.62. The molecule has 0 spiro atoms. The zero-order valence-corrected chi connectivity index (χ0v) is 14.2. The van der Waals surface area contributed by atoms with E-state index in [1.807, 2.05) is 10.3 Å². The van der Waals surface area contributed by atoms with Gasteiger partial charge in [0.2, 0.25) is 0 Å². The molecule has 5 nitrogen and oxygen atoms in total. The maximum atomic E-state index is 12.7. The van der Waals surface area contributed by atoms with Gasteiger partial charge >= 0.3 is 0 Å². The van der Waals surface area contributed by atoms with Crippen LogP contribution in [0.25, 0.3) is 0 Å². The summed E-state index contributed by atoms with van der Waals surface area (Å²) in [4.78, 5) is 18.8. The van der Waals surface area contributed by atoms with Gasteiger partial charge in [0.05, 0.1) is 18.1 Å². The number of carbonyl (C=O) groups is 1. The molecule has 0 N–H and O–H groups in total. The number of fused-ring (bicyclic) bond motifs is 1. The third kappa shape index (κ3) is 3.16. The van der Waals surface area contributed by atoms with Crippen molar-refractivity contribution >= 4 is 17.2 Å². The maximum Gasteiger partial charge on any atom is 0.273 e. The van der Waals surface area contributed by atoms with Gasteiger partial charge in [0.25, 0.3) is 5.91 Å². The van der Waals surface area contributed by atoms with E-state index < -0.39 is 0 Å². The van der Waals surface area contributed by atoms with Gasteiger partial charge in [0.1, 0.15) is 17.9 Å². The SMILES string of the molecule is O=C(c1cscn1)N1C[C@H](OCC2CCCC2)[C@H]2OCCC[C@H]21. The number of carbonyl (C=O) groups excluding carboxylic acids is 1. The first kappa shape index (κ1) is 15.5. The molecule has 1 amide bonds. The average Bonchev–Trinajstić information content (AvgIpc) is 3.32. The number of hydrogen-bond donors (Lipinski definition) is 0. The molecule has 1 aromatic rings. The average molecular weight is 336 g/mol. The number of nitrogens with zero attached hydrogens (tertiary/aromatic N) is 2. The van der Waals surface area contributed by atoms with Gasteiger partial charge in [-0.05, 0) is 31.6 Å². The van der Waals surface area contributed by atoms with Crippen LogP contribution in [0.1, 0.15) is 49.0 Å². The van der Waals surface area contributed by atoms with Gasteiger partial charge in [-0.25, -0.2) is 4.98 Å². The predicted molar refractivity (Wildman–Crippen MR) is 87.6 cm³/mol. The predicted octanol–water partition coefficient (Wildman–Crippen LogP) is 2.72. The Bertz CT molecular complexity index is 530. The number of likely N-dealkylation sites (tertiary alicyclic amines) is 1. The minimum Gasteiger partial charge on any atom is -0.373 e. The Morgan fingerprint density at radius 3 is 3.00 bits per heavy atom. The summed E-state index contributed by atoms with van der Waals surface area (Å²) < 4.78 is 12.2. The second-order valence-electron chi connectivity index (χ2n) is 6.90. The van der Waals surface area contributed by atoms with Crippen LogP contribution >= 0.6 is 11.3 Å². The molecule has 2 saturated heterocycles. The Morgan fingerprint density at radius 2 is 2.22 bits per heavy atom. The van der Waals surface area contributed by atoms with Crippen LogP contribution in [0.15, 0.2) is 10.9 Å². The van der Waals surface area contributed by atoms with E-state index in [4.69, 9.17) is 9.47 Å². The van der Waals surface area contributed by atoms with Crippen LogP contribution in [0.5, 0.6) is 0 Å². The zero-order chi connectivity index (χ0) is 15.6. The van der Waals surface area contributed by atoms with Crippen molar-refractivity contribution in [2.24, 2.45) is 5.92 Å². The summed E-state index contributed by atoms with van der Waals surface area (Å²) in [6, 6.07) is 0.145. The van der Waals surface area contributed by atoms with Crippen LogP contribution in [0.2, 0.25) is 0 Å². The first-order valence-electron chi connectivity index (χ1n) is 8.75. The molecule has 3 atom stereocenters. The van der Waals surface area contributed by atoms with E-state index in [0.29, 0.717) is 18.2 Å². The highest BCUT2D eigenvalue weighted by molar-refractivity contribution is 7.07. The summed E-state index contributed by atoms with van der Waals surface area (Å²) in [5, 5.41) is 1.83. The lowest BCUT2D eigenvalue weighted by Crippen LogP contribution is -2.44. The van der Waals surface area contributed by atoms with Gasteiger partial charge in [0.15, 0.2) is 0 Å². The largest absolute Gasteiger partial charge is 0.373 e. The fraction of sp³-hybridized carbons (Fsp3) is 0.765. The van der Waals surface area contributed by atoms with E-state index >= 15 is 0 Å². The lowest BCUT2D eigenvalue weighted by molar-refractivity contribution is -0.0821. The third-order valence-corrected chi connectivity index (χ3v) is 6.00. The number of hydrogen-bond acceptors (Lipinski definition) is 5. The fourth-order valence-electron chi connectivity index (χ4n) is 4.19. The lowest BCUT2D eigenvalue weighted by atomic mass is 10.0. The Morgan fingerprint density at radius 1 is 1.35 bits per heavy atom. The molecule has 1 saturated carbocycles. The van der Waals surface area contributed by atoms with Crippen LogP contribution in [0, 0.1) is 5.92 Å². The van der Waals surface area contributed by atoms with Gasteiger partial charge < -0.3 is 14.4 Å². The summed E-state index contributed by atoms with van der Waals surface area (Å²) >= 11 is 1.46.